The smallest absolute Gasteiger partial charge is 0.241 e. The summed E-state index contributed by atoms with van der Waals surface area (Å²) in [6, 6.07) is 6.25. The van der Waals surface area contributed by atoms with Gasteiger partial charge < -0.3 is 9.84 Å². The van der Waals surface area contributed by atoms with Crippen molar-refractivity contribution in [2.75, 3.05) is 20.1 Å². The van der Waals surface area contributed by atoms with Gasteiger partial charge in [0.25, 0.3) is 0 Å². The molecule has 6 nitrogen and oxygen atoms in total. The Labute approximate surface area is 124 Å². The van der Waals surface area contributed by atoms with Crippen molar-refractivity contribution in [2.24, 2.45) is 0 Å². The number of nitrogens with zero attached hydrogens (tertiary/aromatic N) is 4. The Morgan fingerprint density at radius 2 is 2.29 bits per heavy atom. The lowest BCUT2D eigenvalue weighted by molar-refractivity contribution is 0.190. The fraction of sp³-hybridized carbons (Fsp3) is 0.533. The quantitative estimate of drug-likeness (QED) is 0.923. The summed E-state index contributed by atoms with van der Waals surface area (Å²) in [5.41, 5.74) is 0.744. The van der Waals surface area contributed by atoms with Crippen LogP contribution in [0.3, 0.4) is 0 Å². The predicted molar refractivity (Wildman–Crippen MR) is 79.5 cm³/mol. The molecule has 1 aliphatic heterocycles. The van der Waals surface area contributed by atoms with E-state index in [1.54, 1.807) is 6.20 Å². The molecule has 0 aromatic carbocycles. The molecule has 2 aromatic rings. The van der Waals surface area contributed by atoms with Crippen LogP contribution in [-0.2, 0) is 6.54 Å². The Hall–Kier alpha value is -1.79. The Bertz CT molecular complexity index is 548. The maximum atomic E-state index is 5.35. The van der Waals surface area contributed by atoms with Crippen LogP contribution in [0.25, 0.3) is 11.5 Å². The topological polar surface area (TPSA) is 67.1 Å². The molecule has 0 bridgehead atoms. The SMILES string of the molecule is CN(Cc1nc(-c2ccccn2)no1)C1CCCNCC1. The second kappa shape index (κ2) is 6.78. The van der Waals surface area contributed by atoms with Crippen LogP contribution in [-0.4, -0.2) is 46.2 Å². The summed E-state index contributed by atoms with van der Waals surface area (Å²) in [4.78, 5) is 11.0. The molecule has 3 rings (SSSR count). The highest BCUT2D eigenvalue weighted by molar-refractivity contribution is 5.46. The molecule has 1 saturated heterocycles. The first-order valence-corrected chi connectivity index (χ1v) is 7.48. The van der Waals surface area contributed by atoms with Gasteiger partial charge in [-0.1, -0.05) is 11.2 Å². The molecule has 2 aromatic heterocycles. The number of hydrogen-bond acceptors (Lipinski definition) is 6. The van der Waals surface area contributed by atoms with Gasteiger partial charge in [-0.25, -0.2) is 0 Å². The number of rotatable bonds is 4. The first-order valence-electron chi connectivity index (χ1n) is 7.48. The molecule has 21 heavy (non-hydrogen) atoms. The van der Waals surface area contributed by atoms with Crippen LogP contribution in [0.2, 0.25) is 0 Å². The molecule has 0 amide bonds. The lowest BCUT2D eigenvalue weighted by Crippen LogP contribution is -2.32. The zero-order valence-electron chi connectivity index (χ0n) is 12.3. The highest BCUT2D eigenvalue weighted by atomic mass is 16.5. The molecule has 1 unspecified atom stereocenters. The molecule has 0 saturated carbocycles. The number of pyridine rings is 1. The van der Waals surface area contributed by atoms with Crippen molar-refractivity contribution in [3.63, 3.8) is 0 Å². The molecule has 0 radical (unpaired) electrons. The third kappa shape index (κ3) is 3.65. The fourth-order valence-corrected chi connectivity index (χ4v) is 2.70. The molecular formula is C15H21N5O. The van der Waals surface area contributed by atoms with E-state index in [1.165, 1.54) is 12.8 Å². The van der Waals surface area contributed by atoms with Crippen LogP contribution in [0.5, 0.6) is 0 Å². The van der Waals surface area contributed by atoms with Crippen LogP contribution in [0.15, 0.2) is 28.9 Å². The molecule has 3 heterocycles. The van der Waals surface area contributed by atoms with E-state index in [9.17, 15) is 0 Å². The lowest BCUT2D eigenvalue weighted by atomic mass is 10.1. The van der Waals surface area contributed by atoms with Gasteiger partial charge >= 0.3 is 0 Å². The summed E-state index contributed by atoms with van der Waals surface area (Å²) in [6.45, 7) is 2.89. The van der Waals surface area contributed by atoms with Gasteiger partial charge in [0.1, 0.15) is 5.69 Å². The van der Waals surface area contributed by atoms with Crippen molar-refractivity contribution in [2.45, 2.75) is 31.8 Å². The molecule has 0 aliphatic carbocycles. The van der Waals surface area contributed by atoms with Crippen molar-refractivity contribution in [3.05, 3.63) is 30.3 Å². The minimum Gasteiger partial charge on any atom is -0.337 e. The lowest BCUT2D eigenvalue weighted by Gasteiger charge is -2.25. The van der Waals surface area contributed by atoms with Crippen molar-refractivity contribution in [3.8, 4) is 11.5 Å². The van der Waals surface area contributed by atoms with E-state index < -0.39 is 0 Å². The minimum absolute atomic E-state index is 0.557. The average Bonchev–Trinajstić information content (AvgIpc) is 2.81. The molecule has 0 spiro atoms. The molecule has 6 heteroatoms. The van der Waals surface area contributed by atoms with Crippen LogP contribution in [0, 0.1) is 0 Å². The van der Waals surface area contributed by atoms with E-state index >= 15 is 0 Å². The molecule has 1 N–H and O–H groups in total. The van der Waals surface area contributed by atoms with E-state index in [1.807, 2.05) is 18.2 Å². The first kappa shape index (κ1) is 14.2. The van der Waals surface area contributed by atoms with E-state index in [0.29, 0.717) is 24.3 Å². The molecule has 1 fully saturated rings. The Morgan fingerprint density at radius 3 is 3.14 bits per heavy atom. The standard InChI is InChI=1S/C15H21N5O/c1-20(12-5-4-8-16-10-7-12)11-14-18-15(19-21-14)13-6-2-3-9-17-13/h2-3,6,9,12,16H,4-5,7-8,10-11H2,1H3. The maximum Gasteiger partial charge on any atom is 0.241 e. The minimum atomic E-state index is 0.557. The van der Waals surface area contributed by atoms with Crippen LogP contribution in [0.4, 0.5) is 0 Å². The summed E-state index contributed by atoms with van der Waals surface area (Å²) < 4.78 is 5.35. The van der Waals surface area contributed by atoms with Crippen molar-refractivity contribution < 1.29 is 4.52 Å². The normalized spacial score (nSPS) is 19.6. The number of aromatic nitrogens is 3. The van der Waals surface area contributed by atoms with Crippen LogP contribution >= 0.6 is 0 Å². The Morgan fingerprint density at radius 1 is 1.33 bits per heavy atom. The van der Waals surface area contributed by atoms with Crippen molar-refractivity contribution in [1.29, 1.82) is 0 Å². The first-order chi connectivity index (χ1) is 10.3. The Balaban J connectivity index is 1.64. The zero-order chi connectivity index (χ0) is 14.5. The zero-order valence-corrected chi connectivity index (χ0v) is 12.3. The molecular weight excluding hydrogens is 266 g/mol. The highest BCUT2D eigenvalue weighted by Crippen LogP contribution is 2.16. The van der Waals surface area contributed by atoms with Gasteiger partial charge in [0, 0.05) is 12.2 Å². The van der Waals surface area contributed by atoms with Gasteiger partial charge in [-0.15, -0.1) is 0 Å². The monoisotopic (exact) mass is 287 g/mol. The number of nitrogens with one attached hydrogen (secondary N) is 1. The average molecular weight is 287 g/mol. The van der Waals surface area contributed by atoms with Crippen molar-refractivity contribution in [1.82, 2.24) is 25.3 Å². The second-order valence-corrected chi connectivity index (χ2v) is 5.48. The van der Waals surface area contributed by atoms with Gasteiger partial charge in [0.2, 0.25) is 11.7 Å². The van der Waals surface area contributed by atoms with Gasteiger partial charge in [0.05, 0.1) is 6.54 Å². The maximum absolute atomic E-state index is 5.35. The van der Waals surface area contributed by atoms with Gasteiger partial charge in [0.15, 0.2) is 0 Å². The van der Waals surface area contributed by atoms with E-state index in [4.69, 9.17) is 4.52 Å². The summed E-state index contributed by atoms with van der Waals surface area (Å²) in [7, 11) is 2.13. The van der Waals surface area contributed by atoms with Crippen molar-refractivity contribution >= 4 is 0 Å². The van der Waals surface area contributed by atoms with E-state index in [2.05, 4.69) is 32.4 Å². The third-order valence-electron chi connectivity index (χ3n) is 3.92. The number of hydrogen-bond donors (Lipinski definition) is 1. The summed E-state index contributed by atoms with van der Waals surface area (Å²) in [6.07, 6.45) is 5.33. The predicted octanol–water partition coefficient (Wildman–Crippen LogP) is 1.71. The fourth-order valence-electron chi connectivity index (χ4n) is 2.70. The third-order valence-corrected chi connectivity index (χ3v) is 3.92. The highest BCUT2D eigenvalue weighted by Gasteiger charge is 2.19. The Kier molecular flexibility index (Phi) is 4.57. The summed E-state index contributed by atoms with van der Waals surface area (Å²) >= 11 is 0. The molecule has 112 valence electrons. The second-order valence-electron chi connectivity index (χ2n) is 5.48. The molecule has 1 aliphatic rings. The van der Waals surface area contributed by atoms with Gasteiger partial charge in [-0.3, -0.25) is 9.88 Å². The van der Waals surface area contributed by atoms with Gasteiger partial charge in [-0.05, 0) is 51.5 Å². The summed E-state index contributed by atoms with van der Waals surface area (Å²) in [5.74, 6) is 1.21. The van der Waals surface area contributed by atoms with E-state index in [0.717, 1.165) is 25.2 Å². The van der Waals surface area contributed by atoms with Crippen LogP contribution < -0.4 is 5.32 Å². The van der Waals surface area contributed by atoms with Crippen LogP contribution in [0.1, 0.15) is 25.2 Å². The van der Waals surface area contributed by atoms with Gasteiger partial charge in [-0.2, -0.15) is 4.98 Å². The summed E-state index contributed by atoms with van der Waals surface area (Å²) in [5, 5.41) is 7.45. The largest absolute Gasteiger partial charge is 0.337 e. The van der Waals surface area contributed by atoms with E-state index in [-0.39, 0.29) is 0 Å². The molecule has 1 atom stereocenters.